The first kappa shape index (κ1) is 14.3. The van der Waals surface area contributed by atoms with Gasteiger partial charge in [0.25, 0.3) is 5.91 Å². The Morgan fingerprint density at radius 2 is 2.05 bits per heavy atom. The first-order valence-corrected chi connectivity index (χ1v) is 7.80. The molecule has 3 nitrogen and oxygen atoms in total. The van der Waals surface area contributed by atoms with Crippen LogP contribution in [-0.4, -0.2) is 28.4 Å². The Bertz CT molecular complexity index is 686. The van der Waals surface area contributed by atoms with E-state index in [1.54, 1.807) is 6.07 Å². The van der Waals surface area contributed by atoms with Gasteiger partial charge in [0.1, 0.15) is 5.69 Å². The maximum Gasteiger partial charge on any atom is 0.272 e. The van der Waals surface area contributed by atoms with Gasteiger partial charge in [-0.3, -0.25) is 4.79 Å². The maximum atomic E-state index is 12.8. The Kier molecular flexibility index (Phi) is 3.85. The zero-order valence-electron chi connectivity index (χ0n) is 12.3. The number of hydrogen-bond acceptors (Lipinski definition) is 2. The smallest absolute Gasteiger partial charge is 0.272 e. The van der Waals surface area contributed by atoms with Crippen LogP contribution in [0.2, 0.25) is 5.02 Å². The molecule has 2 unspecified atom stereocenters. The van der Waals surface area contributed by atoms with E-state index in [4.69, 9.17) is 11.6 Å². The number of nitrogens with zero attached hydrogens (tertiary/aromatic N) is 2. The van der Waals surface area contributed by atoms with Crippen molar-refractivity contribution >= 4 is 28.4 Å². The molecular formula is C17H19ClN2O. The van der Waals surface area contributed by atoms with Gasteiger partial charge in [0, 0.05) is 18.0 Å². The van der Waals surface area contributed by atoms with Crippen molar-refractivity contribution < 1.29 is 4.79 Å². The fraction of sp³-hybridized carbons (Fsp3) is 0.412. The minimum Gasteiger partial charge on any atom is -0.334 e. The highest BCUT2D eigenvalue weighted by molar-refractivity contribution is 6.35. The van der Waals surface area contributed by atoms with Gasteiger partial charge in [-0.15, -0.1) is 0 Å². The molecule has 1 amide bonds. The molecule has 21 heavy (non-hydrogen) atoms. The summed E-state index contributed by atoms with van der Waals surface area (Å²) in [4.78, 5) is 19.2. The molecule has 0 saturated carbocycles. The van der Waals surface area contributed by atoms with Crippen LogP contribution in [0, 0.1) is 5.92 Å². The van der Waals surface area contributed by atoms with Gasteiger partial charge in [0.2, 0.25) is 0 Å². The second-order valence-corrected chi connectivity index (χ2v) is 6.40. The standard InChI is InChI=1S/C17H19ClN2O/c1-11-7-8-12(2)20(10-11)17(21)16-9-14(18)13-5-3-4-6-15(13)19-16/h3-6,9,11-12H,7-8,10H2,1-2H3. The van der Waals surface area contributed by atoms with E-state index in [1.807, 2.05) is 29.2 Å². The lowest BCUT2D eigenvalue weighted by molar-refractivity contribution is 0.0568. The van der Waals surface area contributed by atoms with Crippen LogP contribution in [-0.2, 0) is 0 Å². The van der Waals surface area contributed by atoms with E-state index in [9.17, 15) is 4.79 Å². The number of rotatable bonds is 1. The number of pyridine rings is 1. The van der Waals surface area contributed by atoms with Gasteiger partial charge in [0.15, 0.2) is 0 Å². The van der Waals surface area contributed by atoms with Crippen LogP contribution in [0.5, 0.6) is 0 Å². The SMILES string of the molecule is CC1CCC(C)N(C(=O)c2cc(Cl)c3ccccc3n2)C1. The molecule has 0 spiro atoms. The van der Waals surface area contributed by atoms with Crippen LogP contribution in [0.3, 0.4) is 0 Å². The second kappa shape index (κ2) is 5.64. The van der Waals surface area contributed by atoms with Crippen molar-refractivity contribution in [2.24, 2.45) is 5.92 Å². The van der Waals surface area contributed by atoms with E-state index in [2.05, 4.69) is 18.8 Å². The number of piperidine rings is 1. The highest BCUT2D eigenvalue weighted by atomic mass is 35.5. The average Bonchev–Trinajstić information content (AvgIpc) is 2.49. The summed E-state index contributed by atoms with van der Waals surface area (Å²) in [5, 5.41) is 1.47. The van der Waals surface area contributed by atoms with Gasteiger partial charge in [-0.2, -0.15) is 0 Å². The van der Waals surface area contributed by atoms with Crippen LogP contribution < -0.4 is 0 Å². The van der Waals surface area contributed by atoms with Crippen LogP contribution in [0.25, 0.3) is 10.9 Å². The van der Waals surface area contributed by atoms with Crippen molar-refractivity contribution in [2.45, 2.75) is 32.7 Å². The molecule has 1 aliphatic heterocycles. The topological polar surface area (TPSA) is 33.2 Å². The second-order valence-electron chi connectivity index (χ2n) is 6.00. The monoisotopic (exact) mass is 302 g/mol. The van der Waals surface area contributed by atoms with Gasteiger partial charge in [-0.1, -0.05) is 36.7 Å². The highest BCUT2D eigenvalue weighted by Gasteiger charge is 2.28. The lowest BCUT2D eigenvalue weighted by Crippen LogP contribution is -2.45. The number of carbonyl (C=O) groups is 1. The molecule has 1 aromatic heterocycles. The Morgan fingerprint density at radius 1 is 1.29 bits per heavy atom. The Hall–Kier alpha value is -1.61. The summed E-state index contributed by atoms with van der Waals surface area (Å²) in [6, 6.07) is 9.60. The maximum absolute atomic E-state index is 12.8. The molecule has 0 bridgehead atoms. The molecular weight excluding hydrogens is 284 g/mol. The van der Waals surface area contributed by atoms with Crippen molar-refractivity contribution in [3.8, 4) is 0 Å². The van der Waals surface area contributed by atoms with E-state index in [0.717, 1.165) is 23.9 Å². The van der Waals surface area contributed by atoms with Crippen LogP contribution in [0.15, 0.2) is 30.3 Å². The molecule has 3 rings (SSSR count). The largest absolute Gasteiger partial charge is 0.334 e. The molecule has 2 heterocycles. The molecule has 0 N–H and O–H groups in total. The van der Waals surface area contributed by atoms with Crippen LogP contribution in [0.1, 0.15) is 37.2 Å². The molecule has 0 radical (unpaired) electrons. The molecule has 4 heteroatoms. The van der Waals surface area contributed by atoms with Crippen molar-refractivity contribution in [1.29, 1.82) is 0 Å². The Balaban J connectivity index is 1.97. The summed E-state index contributed by atoms with van der Waals surface area (Å²) in [7, 11) is 0. The fourth-order valence-electron chi connectivity index (χ4n) is 2.96. The van der Waals surface area contributed by atoms with E-state index >= 15 is 0 Å². The predicted molar refractivity (Wildman–Crippen MR) is 85.6 cm³/mol. The Labute approximate surface area is 129 Å². The fourth-order valence-corrected chi connectivity index (χ4v) is 3.22. The normalized spacial score (nSPS) is 22.5. The van der Waals surface area contributed by atoms with Gasteiger partial charge in [-0.25, -0.2) is 4.98 Å². The zero-order chi connectivity index (χ0) is 15.0. The van der Waals surface area contributed by atoms with E-state index in [-0.39, 0.29) is 11.9 Å². The summed E-state index contributed by atoms with van der Waals surface area (Å²) in [6.07, 6.45) is 2.23. The lowest BCUT2D eigenvalue weighted by atomic mass is 9.95. The number of hydrogen-bond donors (Lipinski definition) is 0. The summed E-state index contributed by atoms with van der Waals surface area (Å²) in [5.74, 6) is 0.530. The van der Waals surface area contributed by atoms with Gasteiger partial charge >= 0.3 is 0 Å². The molecule has 0 aliphatic carbocycles. The number of fused-ring (bicyclic) bond motifs is 1. The number of carbonyl (C=O) groups excluding carboxylic acids is 1. The number of para-hydroxylation sites is 1. The number of benzene rings is 1. The van der Waals surface area contributed by atoms with Crippen LogP contribution >= 0.6 is 11.6 Å². The van der Waals surface area contributed by atoms with E-state index < -0.39 is 0 Å². The highest BCUT2D eigenvalue weighted by Crippen LogP contribution is 2.26. The predicted octanol–water partition coefficient (Wildman–Crippen LogP) is 4.15. The molecule has 2 atom stereocenters. The minimum absolute atomic E-state index is 0.0123. The third kappa shape index (κ3) is 2.75. The average molecular weight is 303 g/mol. The van der Waals surface area contributed by atoms with Crippen molar-refractivity contribution in [3.63, 3.8) is 0 Å². The summed E-state index contributed by atoms with van der Waals surface area (Å²) < 4.78 is 0. The van der Waals surface area contributed by atoms with Crippen LogP contribution in [0.4, 0.5) is 0 Å². The van der Waals surface area contributed by atoms with E-state index in [1.165, 1.54) is 6.42 Å². The molecule has 1 fully saturated rings. The summed E-state index contributed by atoms with van der Waals surface area (Å²) in [6.45, 7) is 5.09. The van der Waals surface area contributed by atoms with Crippen molar-refractivity contribution in [3.05, 3.63) is 41.0 Å². The van der Waals surface area contributed by atoms with Crippen molar-refractivity contribution in [1.82, 2.24) is 9.88 Å². The number of likely N-dealkylation sites (tertiary alicyclic amines) is 1. The molecule has 1 saturated heterocycles. The lowest BCUT2D eigenvalue weighted by Gasteiger charge is -2.36. The summed E-state index contributed by atoms with van der Waals surface area (Å²) in [5.41, 5.74) is 1.21. The molecule has 1 aliphatic rings. The molecule has 1 aromatic carbocycles. The zero-order valence-corrected chi connectivity index (χ0v) is 13.1. The third-order valence-corrected chi connectivity index (χ3v) is 4.58. The van der Waals surface area contributed by atoms with Gasteiger partial charge in [0.05, 0.1) is 10.5 Å². The number of aromatic nitrogens is 1. The van der Waals surface area contributed by atoms with E-state index in [0.29, 0.717) is 16.6 Å². The molecule has 110 valence electrons. The first-order chi connectivity index (χ1) is 10.1. The first-order valence-electron chi connectivity index (χ1n) is 7.42. The summed E-state index contributed by atoms with van der Waals surface area (Å²) >= 11 is 6.30. The van der Waals surface area contributed by atoms with Gasteiger partial charge < -0.3 is 4.90 Å². The number of halogens is 1. The number of amides is 1. The van der Waals surface area contributed by atoms with Gasteiger partial charge in [-0.05, 0) is 37.8 Å². The quantitative estimate of drug-likeness (QED) is 0.793. The molecule has 2 aromatic rings. The Morgan fingerprint density at radius 3 is 2.86 bits per heavy atom. The third-order valence-electron chi connectivity index (χ3n) is 4.26. The minimum atomic E-state index is -0.0123. The van der Waals surface area contributed by atoms with Crippen molar-refractivity contribution in [2.75, 3.05) is 6.54 Å².